The van der Waals surface area contributed by atoms with Gasteiger partial charge in [0, 0.05) is 0 Å². The Hall–Kier alpha value is -2.64. The molecule has 0 aromatic heterocycles. The molecule has 4 aliphatic rings. The van der Waals surface area contributed by atoms with Gasteiger partial charge in [0.1, 0.15) is 0 Å². The average Bonchev–Trinajstić information content (AvgIpc) is 3.82. The predicted molar refractivity (Wildman–Crippen MR) is 180 cm³/mol. The molecule has 0 amide bonds. The number of hydrogen-bond acceptors (Lipinski definition) is 1. The zero-order chi connectivity index (χ0) is 28.2. The summed E-state index contributed by atoms with van der Waals surface area (Å²) in [6.45, 7) is 2.42. The molecule has 8 rings (SSSR count). The summed E-state index contributed by atoms with van der Waals surface area (Å²) in [4.78, 5) is 0. The van der Waals surface area contributed by atoms with Crippen LogP contribution in [-0.2, 0) is 10.8 Å². The summed E-state index contributed by atoms with van der Waals surface area (Å²) in [5, 5.41) is 9.20. The van der Waals surface area contributed by atoms with Crippen LogP contribution in [0.2, 0.25) is 0 Å². The van der Waals surface area contributed by atoms with E-state index in [1.165, 1.54) is 131 Å². The summed E-state index contributed by atoms with van der Waals surface area (Å²) in [6, 6.07) is 32.2. The third-order valence-electron chi connectivity index (χ3n) is 12.1. The molecule has 4 fully saturated rings. The van der Waals surface area contributed by atoms with Crippen molar-refractivity contribution in [2.75, 3.05) is 13.1 Å². The van der Waals surface area contributed by atoms with Gasteiger partial charge in [0.25, 0.3) is 0 Å². The Bertz CT molecular complexity index is 1350. The van der Waals surface area contributed by atoms with Crippen LogP contribution >= 0.6 is 0 Å². The molecule has 3 saturated carbocycles. The van der Waals surface area contributed by atoms with Gasteiger partial charge in [-0.25, -0.2) is 0 Å². The van der Waals surface area contributed by atoms with Crippen LogP contribution in [0.1, 0.15) is 107 Å². The topological polar surface area (TPSA) is 12.0 Å². The van der Waals surface area contributed by atoms with Gasteiger partial charge in [-0.3, -0.25) is 0 Å². The van der Waals surface area contributed by atoms with Crippen molar-refractivity contribution in [2.24, 2.45) is 11.8 Å². The third kappa shape index (κ3) is 5.43. The van der Waals surface area contributed by atoms with Crippen LogP contribution in [0.3, 0.4) is 0 Å². The van der Waals surface area contributed by atoms with Gasteiger partial charge in [-0.05, 0) is 113 Å². The second kappa shape index (κ2) is 12.5. The minimum absolute atomic E-state index is 0.436. The summed E-state index contributed by atoms with van der Waals surface area (Å²) in [6.07, 6.45) is 21.4. The Morgan fingerprint density at radius 2 is 0.929 bits per heavy atom. The predicted octanol–water partition coefficient (Wildman–Crippen LogP) is 10.9. The highest BCUT2D eigenvalue weighted by atomic mass is 14.9. The van der Waals surface area contributed by atoms with Crippen LogP contribution in [0.25, 0.3) is 21.5 Å². The fourth-order valence-corrected chi connectivity index (χ4v) is 9.83. The van der Waals surface area contributed by atoms with Crippen molar-refractivity contribution in [3.8, 4) is 0 Å². The van der Waals surface area contributed by atoms with E-state index in [-0.39, 0.29) is 0 Å². The number of nitrogens with one attached hydrogen (secondary N) is 1. The van der Waals surface area contributed by atoms with Gasteiger partial charge in [0.15, 0.2) is 0 Å². The van der Waals surface area contributed by atoms with E-state index in [4.69, 9.17) is 0 Å². The van der Waals surface area contributed by atoms with E-state index in [9.17, 15) is 0 Å². The lowest BCUT2D eigenvalue weighted by Crippen LogP contribution is -2.38. The number of fused-ring (bicyclic) bond motifs is 2. The lowest BCUT2D eigenvalue weighted by Gasteiger charge is -2.43. The van der Waals surface area contributed by atoms with Gasteiger partial charge in [0.05, 0.1) is 0 Å². The van der Waals surface area contributed by atoms with Crippen molar-refractivity contribution in [3.63, 3.8) is 0 Å². The standard InChI is InChI=1S/C21H26.C20H25N/c1-6-14-21(15-7-1,19-10-4-5-11-19)20-13-12-17-8-2-3-9-18(17)16-20;1-4-11-20(12-5-1,19-10-13-21-15-19)18-9-8-16-6-2-3-7-17(16)14-18/h2-3,8-9,12-13,16,19H,1,4-7,10-11,14-15H2;2-3,6-9,14,19,21H,1,4-5,10-13,15H2. The van der Waals surface area contributed by atoms with E-state index in [0.29, 0.717) is 10.8 Å². The maximum absolute atomic E-state index is 3.60. The minimum atomic E-state index is 0.436. The highest BCUT2D eigenvalue weighted by molar-refractivity contribution is 5.84. The van der Waals surface area contributed by atoms with Crippen molar-refractivity contribution >= 4 is 21.5 Å². The SMILES string of the molecule is c1ccc2cc(C3(C4CCCC4)CCCCC3)ccc2c1.c1ccc2cc(C3(C4CCNC4)CCCCC3)ccc2c1. The molecule has 1 saturated heterocycles. The Balaban J connectivity index is 0.000000137. The van der Waals surface area contributed by atoms with Crippen molar-refractivity contribution in [2.45, 2.75) is 107 Å². The van der Waals surface area contributed by atoms with E-state index < -0.39 is 0 Å². The maximum atomic E-state index is 3.60. The molecule has 42 heavy (non-hydrogen) atoms. The fraction of sp³-hybridized carbons (Fsp3) is 0.512. The average molecular weight is 558 g/mol. The summed E-state index contributed by atoms with van der Waals surface area (Å²) >= 11 is 0. The van der Waals surface area contributed by atoms with Crippen molar-refractivity contribution in [1.82, 2.24) is 5.32 Å². The van der Waals surface area contributed by atoms with Gasteiger partial charge in [0.2, 0.25) is 0 Å². The van der Waals surface area contributed by atoms with Crippen LogP contribution < -0.4 is 5.32 Å². The zero-order valence-corrected chi connectivity index (χ0v) is 25.8. The quantitative estimate of drug-likeness (QED) is 0.263. The molecule has 4 aromatic carbocycles. The van der Waals surface area contributed by atoms with Gasteiger partial charge in [-0.1, -0.05) is 136 Å². The molecular formula is C41H51N. The van der Waals surface area contributed by atoms with Crippen LogP contribution in [0, 0.1) is 11.8 Å². The summed E-state index contributed by atoms with van der Waals surface area (Å²) in [5.41, 5.74) is 4.19. The minimum Gasteiger partial charge on any atom is -0.316 e. The second-order valence-corrected chi connectivity index (χ2v) is 14.2. The molecule has 3 aliphatic carbocycles. The Labute approximate surface area is 254 Å². The van der Waals surface area contributed by atoms with E-state index in [0.717, 1.165) is 11.8 Å². The first-order valence-corrected chi connectivity index (χ1v) is 17.5. The molecule has 1 heterocycles. The molecule has 1 atom stereocenters. The third-order valence-corrected chi connectivity index (χ3v) is 12.1. The van der Waals surface area contributed by atoms with Crippen LogP contribution in [-0.4, -0.2) is 13.1 Å². The Kier molecular flexibility index (Phi) is 8.40. The fourth-order valence-electron chi connectivity index (χ4n) is 9.83. The normalized spacial score (nSPS) is 24.0. The molecule has 1 heteroatoms. The summed E-state index contributed by atoms with van der Waals surface area (Å²) < 4.78 is 0. The van der Waals surface area contributed by atoms with Gasteiger partial charge in [-0.15, -0.1) is 0 Å². The molecule has 1 aliphatic heterocycles. The molecule has 1 unspecified atom stereocenters. The van der Waals surface area contributed by atoms with Crippen molar-refractivity contribution in [3.05, 3.63) is 96.1 Å². The first-order chi connectivity index (χ1) is 20.8. The van der Waals surface area contributed by atoms with E-state index >= 15 is 0 Å². The van der Waals surface area contributed by atoms with Crippen molar-refractivity contribution in [1.29, 1.82) is 0 Å². The maximum Gasteiger partial charge on any atom is -0.000597 e. The van der Waals surface area contributed by atoms with E-state index in [1.807, 2.05) is 0 Å². The van der Waals surface area contributed by atoms with Crippen LogP contribution in [0.15, 0.2) is 84.9 Å². The first kappa shape index (κ1) is 28.1. The largest absolute Gasteiger partial charge is 0.316 e. The molecule has 1 N–H and O–H groups in total. The van der Waals surface area contributed by atoms with E-state index in [2.05, 4.69) is 90.2 Å². The van der Waals surface area contributed by atoms with Gasteiger partial charge in [-0.2, -0.15) is 0 Å². The van der Waals surface area contributed by atoms with Crippen LogP contribution in [0.4, 0.5) is 0 Å². The molecular weight excluding hydrogens is 506 g/mol. The number of hydrogen-bond donors (Lipinski definition) is 1. The molecule has 0 spiro atoms. The Morgan fingerprint density at radius 1 is 0.452 bits per heavy atom. The van der Waals surface area contributed by atoms with Gasteiger partial charge < -0.3 is 5.32 Å². The smallest absolute Gasteiger partial charge is 0.000597 e. The van der Waals surface area contributed by atoms with Crippen LogP contribution in [0.5, 0.6) is 0 Å². The molecule has 4 aromatic rings. The van der Waals surface area contributed by atoms with E-state index in [1.54, 1.807) is 11.1 Å². The van der Waals surface area contributed by atoms with Crippen molar-refractivity contribution < 1.29 is 0 Å². The lowest BCUT2D eigenvalue weighted by molar-refractivity contribution is 0.192. The second-order valence-electron chi connectivity index (χ2n) is 14.2. The molecule has 1 nitrogen and oxygen atoms in total. The summed E-state index contributed by atoms with van der Waals surface area (Å²) in [5.74, 6) is 1.78. The molecule has 0 bridgehead atoms. The number of rotatable bonds is 4. The molecule has 0 radical (unpaired) electrons. The van der Waals surface area contributed by atoms with Gasteiger partial charge >= 0.3 is 0 Å². The lowest BCUT2D eigenvalue weighted by atomic mass is 9.61. The highest BCUT2D eigenvalue weighted by Crippen LogP contribution is 2.51. The number of benzene rings is 4. The monoisotopic (exact) mass is 557 g/mol. The zero-order valence-electron chi connectivity index (χ0n) is 25.8. The molecule has 220 valence electrons. The summed E-state index contributed by atoms with van der Waals surface area (Å²) in [7, 11) is 0. The Morgan fingerprint density at radius 3 is 1.40 bits per heavy atom. The highest BCUT2D eigenvalue weighted by Gasteiger charge is 2.43. The first-order valence-electron chi connectivity index (χ1n) is 17.5.